The number of amides is 3. The Kier molecular flexibility index (Phi) is 5.26. The van der Waals surface area contributed by atoms with Gasteiger partial charge in [0.15, 0.2) is 5.01 Å². The number of carbonyl (C=O) groups excluding carboxylic acids is 3. The van der Waals surface area contributed by atoms with Crippen LogP contribution >= 0.6 is 46.1 Å². The number of aromatic nitrogens is 2. The summed E-state index contributed by atoms with van der Waals surface area (Å²) < 4.78 is 0. The molecule has 3 amide bonds. The van der Waals surface area contributed by atoms with Crippen molar-refractivity contribution >= 4 is 69.0 Å². The van der Waals surface area contributed by atoms with E-state index in [1.807, 2.05) is 6.07 Å². The Bertz CT molecular complexity index is 1140. The number of nitrogens with one attached hydrogen (secondary N) is 1. The minimum Gasteiger partial charge on any atom is -0.299 e. The number of imide groups is 1. The minimum atomic E-state index is -0.618. The van der Waals surface area contributed by atoms with Crippen molar-refractivity contribution in [3.05, 3.63) is 62.6 Å². The highest BCUT2D eigenvalue weighted by molar-refractivity contribution is 7.18. The van der Waals surface area contributed by atoms with E-state index in [4.69, 9.17) is 34.8 Å². The van der Waals surface area contributed by atoms with E-state index in [-0.39, 0.29) is 26.3 Å². The van der Waals surface area contributed by atoms with E-state index in [2.05, 4.69) is 15.5 Å². The quantitative estimate of drug-likeness (QED) is 0.574. The number of anilines is 1. The van der Waals surface area contributed by atoms with Gasteiger partial charge >= 0.3 is 0 Å². The van der Waals surface area contributed by atoms with Crippen molar-refractivity contribution in [2.24, 2.45) is 0 Å². The van der Waals surface area contributed by atoms with Gasteiger partial charge < -0.3 is 0 Å². The summed E-state index contributed by atoms with van der Waals surface area (Å²) >= 11 is 19.1. The van der Waals surface area contributed by atoms with Crippen LogP contribution in [0.5, 0.6) is 0 Å². The molecule has 0 saturated carbocycles. The first-order valence-corrected chi connectivity index (χ1v) is 10.0. The van der Waals surface area contributed by atoms with Crippen LogP contribution in [0.15, 0.2) is 36.4 Å². The summed E-state index contributed by atoms with van der Waals surface area (Å²) in [6.45, 7) is -0.484. The standard InChI is InChI=1S/C18H9Cl3N4O3S/c19-11-4-2-1-3-8(11)15-23-24-18(29-15)22-14(26)7-25-16(27)9-5-12(20)13(21)6-10(9)17(25)28/h1-6H,7H2,(H,22,24,26). The first-order chi connectivity index (χ1) is 13.8. The normalized spacial score (nSPS) is 13.0. The molecule has 29 heavy (non-hydrogen) atoms. The first-order valence-electron chi connectivity index (χ1n) is 8.08. The Morgan fingerprint density at radius 1 is 0.931 bits per heavy atom. The molecule has 0 aliphatic carbocycles. The van der Waals surface area contributed by atoms with Crippen LogP contribution in [0.25, 0.3) is 10.6 Å². The second-order valence-corrected chi connectivity index (χ2v) is 8.15. The number of nitrogens with zero attached hydrogens (tertiary/aromatic N) is 3. The maximum Gasteiger partial charge on any atom is 0.262 e. The van der Waals surface area contributed by atoms with Gasteiger partial charge in [0.2, 0.25) is 11.0 Å². The van der Waals surface area contributed by atoms with Gasteiger partial charge in [-0.05, 0) is 18.2 Å². The van der Waals surface area contributed by atoms with Gasteiger partial charge in [-0.25, -0.2) is 0 Å². The van der Waals surface area contributed by atoms with E-state index in [0.29, 0.717) is 15.6 Å². The lowest BCUT2D eigenvalue weighted by Gasteiger charge is -2.12. The molecule has 0 atom stereocenters. The number of benzene rings is 2. The largest absolute Gasteiger partial charge is 0.299 e. The van der Waals surface area contributed by atoms with Crippen molar-refractivity contribution in [2.45, 2.75) is 0 Å². The molecule has 0 saturated heterocycles. The molecule has 0 fully saturated rings. The molecule has 1 aliphatic heterocycles. The Morgan fingerprint density at radius 2 is 1.55 bits per heavy atom. The second kappa shape index (κ2) is 7.72. The summed E-state index contributed by atoms with van der Waals surface area (Å²) in [5, 5.41) is 12.0. The van der Waals surface area contributed by atoms with Gasteiger partial charge in [-0.3, -0.25) is 24.6 Å². The van der Waals surface area contributed by atoms with Crippen LogP contribution in [0.2, 0.25) is 15.1 Å². The molecule has 1 N–H and O–H groups in total. The average Bonchev–Trinajstić information content (AvgIpc) is 3.22. The highest BCUT2D eigenvalue weighted by Crippen LogP contribution is 2.33. The summed E-state index contributed by atoms with van der Waals surface area (Å²) in [6.07, 6.45) is 0. The van der Waals surface area contributed by atoms with Gasteiger partial charge in [0.25, 0.3) is 11.8 Å². The zero-order valence-corrected chi connectivity index (χ0v) is 17.4. The number of carbonyl (C=O) groups is 3. The van der Waals surface area contributed by atoms with E-state index in [1.165, 1.54) is 12.1 Å². The van der Waals surface area contributed by atoms with Crippen LogP contribution in [-0.2, 0) is 4.79 Å². The third-order valence-corrected chi connectivity index (χ3v) is 6.01. The predicted molar refractivity (Wildman–Crippen MR) is 111 cm³/mol. The highest BCUT2D eigenvalue weighted by Gasteiger charge is 2.37. The van der Waals surface area contributed by atoms with Gasteiger partial charge in [-0.2, -0.15) is 0 Å². The Balaban J connectivity index is 1.48. The lowest BCUT2D eigenvalue weighted by atomic mass is 10.1. The molecular weight excluding hydrogens is 459 g/mol. The van der Waals surface area contributed by atoms with Crippen LogP contribution in [0.1, 0.15) is 20.7 Å². The van der Waals surface area contributed by atoms with E-state index >= 15 is 0 Å². The van der Waals surface area contributed by atoms with E-state index in [0.717, 1.165) is 16.2 Å². The van der Waals surface area contributed by atoms with Crippen molar-refractivity contribution in [3.8, 4) is 10.6 Å². The number of hydrogen-bond acceptors (Lipinski definition) is 6. The zero-order valence-electron chi connectivity index (χ0n) is 14.3. The molecular formula is C18H9Cl3N4O3S. The molecule has 7 nitrogen and oxygen atoms in total. The SMILES string of the molecule is O=C(CN1C(=O)c2cc(Cl)c(Cl)cc2C1=O)Nc1nnc(-c2ccccc2Cl)s1. The lowest BCUT2D eigenvalue weighted by Crippen LogP contribution is -2.37. The maximum atomic E-state index is 12.5. The smallest absolute Gasteiger partial charge is 0.262 e. The van der Waals surface area contributed by atoms with Crippen LogP contribution in [0.4, 0.5) is 5.13 Å². The minimum absolute atomic E-state index is 0.106. The molecule has 11 heteroatoms. The molecule has 1 aromatic heterocycles. The maximum absolute atomic E-state index is 12.5. The summed E-state index contributed by atoms with van der Waals surface area (Å²) in [4.78, 5) is 38.1. The number of fused-ring (bicyclic) bond motifs is 1. The monoisotopic (exact) mass is 466 g/mol. The molecule has 1 aliphatic rings. The van der Waals surface area contributed by atoms with Crippen molar-refractivity contribution in [2.75, 3.05) is 11.9 Å². The summed E-state index contributed by atoms with van der Waals surface area (Å²) in [6, 6.07) is 9.73. The Hall–Kier alpha value is -2.52. The van der Waals surface area contributed by atoms with Crippen molar-refractivity contribution in [3.63, 3.8) is 0 Å². The zero-order chi connectivity index (χ0) is 20.7. The van der Waals surface area contributed by atoms with Crippen molar-refractivity contribution < 1.29 is 14.4 Å². The average molecular weight is 468 g/mol. The fourth-order valence-electron chi connectivity index (χ4n) is 2.75. The third-order valence-electron chi connectivity index (χ3n) is 4.09. The topological polar surface area (TPSA) is 92.3 Å². The van der Waals surface area contributed by atoms with Crippen LogP contribution < -0.4 is 5.32 Å². The molecule has 0 bridgehead atoms. The fourth-order valence-corrected chi connectivity index (χ4v) is 4.15. The molecule has 0 spiro atoms. The molecule has 0 unspecified atom stereocenters. The predicted octanol–water partition coefficient (Wildman–Crippen LogP) is 4.40. The Labute approximate surface area is 183 Å². The third kappa shape index (κ3) is 3.72. The van der Waals surface area contributed by atoms with Crippen molar-refractivity contribution in [1.29, 1.82) is 0 Å². The van der Waals surface area contributed by atoms with Crippen LogP contribution in [0.3, 0.4) is 0 Å². The van der Waals surface area contributed by atoms with E-state index in [1.54, 1.807) is 18.2 Å². The molecule has 4 rings (SSSR count). The first kappa shape index (κ1) is 19.8. The van der Waals surface area contributed by atoms with Gasteiger partial charge in [-0.1, -0.05) is 64.3 Å². The van der Waals surface area contributed by atoms with Gasteiger partial charge in [0.1, 0.15) is 6.54 Å². The summed E-state index contributed by atoms with van der Waals surface area (Å²) in [5.74, 6) is -1.83. The van der Waals surface area contributed by atoms with Gasteiger partial charge in [0.05, 0.1) is 26.2 Å². The highest BCUT2D eigenvalue weighted by atomic mass is 35.5. The van der Waals surface area contributed by atoms with Crippen LogP contribution in [-0.4, -0.2) is 39.4 Å². The number of rotatable bonds is 4. The second-order valence-electron chi connectivity index (χ2n) is 5.95. The Morgan fingerprint density at radius 3 is 2.17 bits per heavy atom. The van der Waals surface area contributed by atoms with Crippen molar-refractivity contribution in [1.82, 2.24) is 15.1 Å². The molecule has 0 radical (unpaired) electrons. The van der Waals surface area contributed by atoms with Crippen LogP contribution in [0, 0.1) is 0 Å². The fraction of sp³-hybridized carbons (Fsp3) is 0.0556. The molecule has 146 valence electrons. The van der Waals surface area contributed by atoms with E-state index in [9.17, 15) is 14.4 Å². The summed E-state index contributed by atoms with van der Waals surface area (Å²) in [7, 11) is 0. The van der Waals surface area contributed by atoms with Gasteiger partial charge in [0, 0.05) is 5.56 Å². The number of hydrogen-bond donors (Lipinski definition) is 1. The molecule has 2 heterocycles. The lowest BCUT2D eigenvalue weighted by molar-refractivity contribution is -0.116. The van der Waals surface area contributed by atoms with Gasteiger partial charge in [-0.15, -0.1) is 10.2 Å². The summed E-state index contributed by atoms with van der Waals surface area (Å²) in [5.41, 5.74) is 0.893. The number of halogens is 3. The molecule has 3 aromatic rings. The molecule has 2 aromatic carbocycles. The van der Waals surface area contributed by atoms with E-state index < -0.39 is 24.3 Å².